The number of nitrogens with two attached hydrogens (primary N) is 1. The van der Waals surface area contributed by atoms with Crippen LogP contribution in [0.25, 0.3) is 11.1 Å². The molecule has 1 aliphatic heterocycles. The standard InChI is InChI=1S/C40H43N3O4/c1-2-3-19-34(38(41)44)35(25-27-13-11-14-27)39(45)42-37-33-22-8-7-20-31(33)32-21-9-10-23-36(32)43(40(37)46)26-28-15-12-18-30(24-28)47-29-16-5-4-6-17-29/h4-10,12,15-18,20-24,27,34-35,37H,2-3,11,13-14,19,25-26H2,1H3,(H2,41,44)(H,42,45)/t34-,35+,37-/m0/s1. The third kappa shape index (κ3) is 7.25. The third-order valence-corrected chi connectivity index (χ3v) is 9.64. The molecule has 0 aromatic heterocycles. The molecule has 0 spiro atoms. The Morgan fingerprint density at radius 1 is 0.872 bits per heavy atom. The molecular formula is C40H43N3O4. The molecule has 7 heteroatoms. The van der Waals surface area contributed by atoms with Crippen LogP contribution >= 0.6 is 0 Å². The minimum Gasteiger partial charge on any atom is -0.457 e. The van der Waals surface area contributed by atoms with Crippen LogP contribution in [-0.2, 0) is 20.9 Å². The molecule has 0 bridgehead atoms. The zero-order valence-electron chi connectivity index (χ0n) is 26.9. The molecule has 6 rings (SSSR count). The van der Waals surface area contributed by atoms with Crippen LogP contribution in [0.2, 0.25) is 0 Å². The summed E-state index contributed by atoms with van der Waals surface area (Å²) in [6, 6.07) is 32.0. The van der Waals surface area contributed by atoms with Gasteiger partial charge in [0.25, 0.3) is 5.91 Å². The lowest BCUT2D eigenvalue weighted by Gasteiger charge is -2.33. The number of fused-ring (bicyclic) bond motifs is 3. The second-order valence-corrected chi connectivity index (χ2v) is 12.8. The number of nitrogens with zero attached hydrogens (tertiary/aromatic N) is 1. The predicted octanol–water partition coefficient (Wildman–Crippen LogP) is 7.95. The maximum absolute atomic E-state index is 14.8. The molecule has 1 heterocycles. The largest absolute Gasteiger partial charge is 0.457 e. The number of amides is 3. The Kier molecular flexibility index (Phi) is 10.0. The van der Waals surface area contributed by atoms with Crippen molar-refractivity contribution < 1.29 is 19.1 Å². The van der Waals surface area contributed by atoms with Gasteiger partial charge >= 0.3 is 0 Å². The van der Waals surface area contributed by atoms with Crippen molar-refractivity contribution in [1.82, 2.24) is 5.32 Å². The van der Waals surface area contributed by atoms with Crippen molar-refractivity contribution in [3.8, 4) is 22.6 Å². The summed E-state index contributed by atoms with van der Waals surface area (Å²) in [7, 11) is 0. The lowest BCUT2D eigenvalue weighted by atomic mass is 9.73. The Hall–Kier alpha value is -4.91. The number of hydrogen-bond acceptors (Lipinski definition) is 4. The quantitative estimate of drug-likeness (QED) is 0.157. The normalized spacial score (nSPS) is 17.0. The van der Waals surface area contributed by atoms with E-state index in [9.17, 15) is 14.4 Å². The Morgan fingerprint density at radius 3 is 2.30 bits per heavy atom. The fraction of sp³-hybridized carbons (Fsp3) is 0.325. The van der Waals surface area contributed by atoms with E-state index in [0.717, 1.165) is 65.8 Å². The number of carbonyl (C=O) groups is 3. The molecule has 4 aromatic carbocycles. The van der Waals surface area contributed by atoms with Crippen molar-refractivity contribution in [3.05, 3.63) is 114 Å². The third-order valence-electron chi connectivity index (χ3n) is 9.64. The smallest absolute Gasteiger partial charge is 0.254 e. The fourth-order valence-corrected chi connectivity index (χ4v) is 6.91. The van der Waals surface area contributed by atoms with Crippen LogP contribution in [0.1, 0.15) is 69.0 Å². The number of nitrogens with one attached hydrogen (secondary N) is 1. The minimum absolute atomic E-state index is 0.239. The van der Waals surface area contributed by atoms with Gasteiger partial charge in [-0.05, 0) is 65.8 Å². The van der Waals surface area contributed by atoms with E-state index in [2.05, 4.69) is 12.2 Å². The summed E-state index contributed by atoms with van der Waals surface area (Å²) in [5.74, 6) is -0.354. The van der Waals surface area contributed by atoms with Crippen molar-refractivity contribution in [3.63, 3.8) is 0 Å². The molecule has 242 valence electrons. The highest BCUT2D eigenvalue weighted by atomic mass is 16.5. The molecule has 1 fully saturated rings. The maximum atomic E-state index is 14.8. The Bertz CT molecular complexity index is 1720. The van der Waals surface area contributed by atoms with Gasteiger partial charge in [0, 0.05) is 17.4 Å². The molecule has 3 N–H and O–H groups in total. The highest BCUT2D eigenvalue weighted by Gasteiger charge is 2.40. The van der Waals surface area contributed by atoms with Crippen LogP contribution in [0, 0.1) is 17.8 Å². The summed E-state index contributed by atoms with van der Waals surface area (Å²) in [4.78, 5) is 43.6. The predicted molar refractivity (Wildman–Crippen MR) is 185 cm³/mol. The summed E-state index contributed by atoms with van der Waals surface area (Å²) >= 11 is 0. The number of benzene rings is 4. The van der Waals surface area contributed by atoms with Crippen LogP contribution in [0.4, 0.5) is 5.69 Å². The second-order valence-electron chi connectivity index (χ2n) is 12.8. The molecular weight excluding hydrogens is 586 g/mol. The summed E-state index contributed by atoms with van der Waals surface area (Å²) < 4.78 is 6.10. The number of unbranched alkanes of at least 4 members (excludes halogenated alkanes) is 1. The molecule has 3 atom stereocenters. The maximum Gasteiger partial charge on any atom is 0.254 e. The molecule has 7 nitrogen and oxygen atoms in total. The van der Waals surface area contributed by atoms with Gasteiger partial charge in [-0.3, -0.25) is 14.4 Å². The van der Waals surface area contributed by atoms with E-state index in [1.807, 2.05) is 103 Å². The molecule has 1 aliphatic carbocycles. The molecule has 0 radical (unpaired) electrons. The topological polar surface area (TPSA) is 102 Å². The molecule has 47 heavy (non-hydrogen) atoms. The van der Waals surface area contributed by atoms with Crippen molar-refractivity contribution in [2.24, 2.45) is 23.5 Å². The van der Waals surface area contributed by atoms with E-state index in [4.69, 9.17) is 10.5 Å². The van der Waals surface area contributed by atoms with E-state index in [0.29, 0.717) is 24.5 Å². The number of rotatable bonds is 13. The monoisotopic (exact) mass is 629 g/mol. The van der Waals surface area contributed by atoms with Crippen molar-refractivity contribution >= 4 is 23.4 Å². The van der Waals surface area contributed by atoms with Crippen molar-refractivity contribution in [2.75, 3.05) is 4.90 Å². The van der Waals surface area contributed by atoms with Gasteiger partial charge in [-0.1, -0.05) is 112 Å². The van der Waals surface area contributed by atoms with Crippen LogP contribution in [0.5, 0.6) is 11.5 Å². The zero-order chi connectivity index (χ0) is 32.8. The van der Waals surface area contributed by atoms with Crippen LogP contribution in [-0.4, -0.2) is 17.7 Å². The highest BCUT2D eigenvalue weighted by molar-refractivity contribution is 6.06. The van der Waals surface area contributed by atoms with E-state index in [1.54, 1.807) is 4.90 Å². The van der Waals surface area contributed by atoms with E-state index in [1.165, 1.54) is 0 Å². The van der Waals surface area contributed by atoms with Crippen LogP contribution in [0.3, 0.4) is 0 Å². The minimum atomic E-state index is -0.946. The van der Waals surface area contributed by atoms with Gasteiger partial charge in [0.05, 0.1) is 12.2 Å². The first kappa shape index (κ1) is 32.0. The lowest BCUT2D eigenvalue weighted by molar-refractivity contribution is -0.136. The van der Waals surface area contributed by atoms with Crippen molar-refractivity contribution in [1.29, 1.82) is 0 Å². The number of primary amides is 1. The molecule has 3 amide bonds. The van der Waals surface area contributed by atoms with Crippen LogP contribution < -0.4 is 20.7 Å². The molecule has 0 saturated heterocycles. The van der Waals surface area contributed by atoms with Gasteiger partial charge in [0.2, 0.25) is 11.8 Å². The first-order valence-corrected chi connectivity index (χ1v) is 16.8. The van der Waals surface area contributed by atoms with Crippen molar-refractivity contribution in [2.45, 2.75) is 64.5 Å². The average Bonchev–Trinajstić information content (AvgIpc) is 3.15. The zero-order valence-corrected chi connectivity index (χ0v) is 26.9. The SMILES string of the molecule is CCCC[C@H](C(N)=O)[C@@H](CC1CCC1)C(=O)N[C@@H]1C(=O)N(Cc2cccc(Oc3ccccc3)c2)c2ccccc2-c2ccccc21. The van der Waals surface area contributed by atoms with Gasteiger partial charge in [-0.25, -0.2) is 0 Å². The van der Waals surface area contributed by atoms with E-state index < -0.39 is 23.8 Å². The van der Waals surface area contributed by atoms with Gasteiger partial charge in [-0.2, -0.15) is 0 Å². The Morgan fingerprint density at radius 2 is 1.57 bits per heavy atom. The fourth-order valence-electron chi connectivity index (χ4n) is 6.91. The van der Waals surface area contributed by atoms with Gasteiger partial charge in [0.15, 0.2) is 0 Å². The van der Waals surface area contributed by atoms with E-state index >= 15 is 0 Å². The molecule has 4 aromatic rings. The Labute approximate surface area is 277 Å². The first-order chi connectivity index (χ1) is 22.9. The van der Waals surface area contributed by atoms with Crippen LogP contribution in [0.15, 0.2) is 103 Å². The summed E-state index contributed by atoms with van der Waals surface area (Å²) in [5.41, 5.74) is 10.1. The number of para-hydroxylation sites is 2. The molecule has 0 unspecified atom stereocenters. The highest BCUT2D eigenvalue weighted by Crippen LogP contribution is 2.42. The molecule has 1 saturated carbocycles. The summed E-state index contributed by atoms with van der Waals surface area (Å²) in [5, 5.41) is 3.16. The number of anilines is 1. The lowest BCUT2D eigenvalue weighted by Crippen LogP contribution is -2.47. The number of ether oxygens (including phenoxy) is 1. The molecule has 2 aliphatic rings. The van der Waals surface area contributed by atoms with E-state index in [-0.39, 0.29) is 18.4 Å². The first-order valence-electron chi connectivity index (χ1n) is 16.8. The summed E-state index contributed by atoms with van der Waals surface area (Å²) in [6.45, 7) is 2.34. The average molecular weight is 630 g/mol. The van der Waals surface area contributed by atoms with Gasteiger partial charge in [0.1, 0.15) is 17.5 Å². The second kappa shape index (κ2) is 14.7. The van der Waals surface area contributed by atoms with Gasteiger partial charge in [-0.15, -0.1) is 0 Å². The summed E-state index contributed by atoms with van der Waals surface area (Å²) in [6.07, 6.45) is 6.10. The van der Waals surface area contributed by atoms with Gasteiger partial charge < -0.3 is 20.7 Å². The number of carbonyl (C=O) groups excluding carboxylic acids is 3. The Balaban J connectivity index is 1.35. The number of hydrogen-bond donors (Lipinski definition) is 2.